The minimum atomic E-state index is 0.407. The smallest absolute Gasteiger partial charge is 0.0426 e. The predicted molar refractivity (Wildman–Crippen MR) is 87.1 cm³/mol. The van der Waals surface area contributed by atoms with Gasteiger partial charge in [-0.3, -0.25) is 0 Å². The lowest BCUT2D eigenvalue weighted by atomic mass is 10.0. The first-order valence-corrected chi connectivity index (χ1v) is 7.27. The number of nitrogens with zero attached hydrogens (tertiary/aromatic N) is 1. The number of rotatable bonds is 6. The number of hydrogen-bond donors (Lipinski definition) is 1. The molecule has 0 amide bonds. The van der Waals surface area contributed by atoms with E-state index in [-0.39, 0.29) is 0 Å². The van der Waals surface area contributed by atoms with Gasteiger partial charge in [-0.2, -0.15) is 0 Å². The summed E-state index contributed by atoms with van der Waals surface area (Å²) in [6.45, 7) is 3.15. The fourth-order valence-electron chi connectivity index (χ4n) is 2.65. The molecule has 2 aromatic rings. The van der Waals surface area contributed by atoms with Gasteiger partial charge in [0.2, 0.25) is 0 Å². The summed E-state index contributed by atoms with van der Waals surface area (Å²) >= 11 is 0. The average molecular weight is 268 g/mol. The molecule has 106 valence electrons. The van der Waals surface area contributed by atoms with Crippen molar-refractivity contribution in [1.82, 2.24) is 5.32 Å². The molecule has 0 radical (unpaired) electrons. The van der Waals surface area contributed by atoms with Crippen LogP contribution in [-0.2, 0) is 6.54 Å². The topological polar surface area (TPSA) is 15.3 Å². The molecule has 2 nitrogen and oxygen atoms in total. The van der Waals surface area contributed by atoms with Gasteiger partial charge in [-0.1, -0.05) is 55.5 Å². The molecule has 2 rings (SSSR count). The second-order valence-corrected chi connectivity index (χ2v) is 5.15. The Hall–Kier alpha value is -1.80. The first-order chi connectivity index (χ1) is 9.76. The normalized spacial score (nSPS) is 12.2. The number of nitrogens with one attached hydrogen (secondary N) is 1. The highest BCUT2D eigenvalue weighted by Crippen LogP contribution is 2.28. The van der Waals surface area contributed by atoms with Gasteiger partial charge in [0.15, 0.2) is 0 Å². The molecule has 0 aliphatic heterocycles. The van der Waals surface area contributed by atoms with Gasteiger partial charge < -0.3 is 10.2 Å². The van der Waals surface area contributed by atoms with Crippen molar-refractivity contribution in [2.45, 2.75) is 25.9 Å². The first kappa shape index (κ1) is 14.6. The van der Waals surface area contributed by atoms with E-state index < -0.39 is 0 Å². The SMILES string of the molecule is CCC(NC)c1ccccc1N(C)Cc1ccccc1. The summed E-state index contributed by atoms with van der Waals surface area (Å²) in [6, 6.07) is 19.7. The van der Waals surface area contributed by atoms with E-state index in [2.05, 4.69) is 78.8 Å². The molecule has 0 bridgehead atoms. The lowest BCUT2D eigenvalue weighted by Gasteiger charge is -2.26. The molecule has 0 spiro atoms. The number of anilines is 1. The van der Waals surface area contributed by atoms with Crippen LogP contribution in [0.4, 0.5) is 5.69 Å². The van der Waals surface area contributed by atoms with Crippen LogP contribution in [0.3, 0.4) is 0 Å². The largest absolute Gasteiger partial charge is 0.370 e. The minimum Gasteiger partial charge on any atom is -0.370 e. The van der Waals surface area contributed by atoms with Gasteiger partial charge in [0, 0.05) is 25.3 Å². The molecule has 0 aliphatic rings. The Bertz CT molecular complexity index is 518. The molecule has 1 N–H and O–H groups in total. The van der Waals surface area contributed by atoms with Crippen LogP contribution in [0.25, 0.3) is 0 Å². The lowest BCUT2D eigenvalue weighted by Crippen LogP contribution is -2.22. The van der Waals surface area contributed by atoms with Crippen molar-refractivity contribution in [2.75, 3.05) is 19.0 Å². The zero-order chi connectivity index (χ0) is 14.4. The van der Waals surface area contributed by atoms with E-state index in [0.717, 1.165) is 13.0 Å². The van der Waals surface area contributed by atoms with Crippen LogP contribution < -0.4 is 10.2 Å². The molecule has 0 heterocycles. The van der Waals surface area contributed by atoms with Crippen LogP contribution in [0.2, 0.25) is 0 Å². The third-order valence-electron chi connectivity index (χ3n) is 3.74. The quantitative estimate of drug-likeness (QED) is 0.852. The van der Waals surface area contributed by atoms with Gasteiger partial charge >= 0.3 is 0 Å². The zero-order valence-electron chi connectivity index (χ0n) is 12.6. The molecular formula is C18H24N2. The number of benzene rings is 2. The monoisotopic (exact) mass is 268 g/mol. The van der Waals surface area contributed by atoms with Crippen molar-refractivity contribution in [3.63, 3.8) is 0 Å². The van der Waals surface area contributed by atoms with Crippen LogP contribution in [0, 0.1) is 0 Å². The molecule has 1 unspecified atom stereocenters. The number of para-hydroxylation sites is 1. The lowest BCUT2D eigenvalue weighted by molar-refractivity contribution is 0.575. The summed E-state index contributed by atoms with van der Waals surface area (Å²) in [6.07, 6.45) is 1.09. The maximum absolute atomic E-state index is 3.40. The predicted octanol–water partition coefficient (Wildman–Crippen LogP) is 3.99. The highest BCUT2D eigenvalue weighted by atomic mass is 15.1. The minimum absolute atomic E-state index is 0.407. The maximum Gasteiger partial charge on any atom is 0.0426 e. The molecule has 20 heavy (non-hydrogen) atoms. The summed E-state index contributed by atoms with van der Waals surface area (Å²) in [5.41, 5.74) is 4.01. The molecule has 1 atom stereocenters. The molecule has 0 fully saturated rings. The summed E-state index contributed by atoms with van der Waals surface area (Å²) in [7, 11) is 4.19. The summed E-state index contributed by atoms with van der Waals surface area (Å²) in [4.78, 5) is 2.32. The Morgan fingerprint density at radius 1 is 1.00 bits per heavy atom. The first-order valence-electron chi connectivity index (χ1n) is 7.27. The Morgan fingerprint density at radius 3 is 2.30 bits per heavy atom. The highest BCUT2D eigenvalue weighted by Gasteiger charge is 2.13. The second kappa shape index (κ2) is 7.11. The molecule has 0 saturated heterocycles. The Morgan fingerprint density at radius 2 is 1.65 bits per heavy atom. The standard InChI is InChI=1S/C18H24N2/c1-4-17(19-2)16-12-8-9-13-18(16)20(3)14-15-10-6-5-7-11-15/h5-13,17,19H,4,14H2,1-3H3. The van der Waals surface area contributed by atoms with E-state index in [1.807, 2.05) is 7.05 Å². The van der Waals surface area contributed by atoms with E-state index in [9.17, 15) is 0 Å². The van der Waals surface area contributed by atoms with Crippen molar-refractivity contribution in [1.29, 1.82) is 0 Å². The van der Waals surface area contributed by atoms with Crippen molar-refractivity contribution >= 4 is 5.69 Å². The van der Waals surface area contributed by atoms with Gasteiger partial charge in [0.1, 0.15) is 0 Å². The molecule has 0 aromatic heterocycles. The van der Waals surface area contributed by atoms with E-state index in [1.165, 1.54) is 16.8 Å². The second-order valence-electron chi connectivity index (χ2n) is 5.15. The van der Waals surface area contributed by atoms with Crippen LogP contribution in [-0.4, -0.2) is 14.1 Å². The third kappa shape index (κ3) is 3.40. The molecule has 2 aromatic carbocycles. The molecular weight excluding hydrogens is 244 g/mol. The molecule has 0 aliphatic carbocycles. The van der Waals surface area contributed by atoms with Crippen molar-refractivity contribution < 1.29 is 0 Å². The van der Waals surface area contributed by atoms with Gasteiger partial charge in [-0.15, -0.1) is 0 Å². The van der Waals surface area contributed by atoms with E-state index >= 15 is 0 Å². The average Bonchev–Trinajstić information content (AvgIpc) is 2.50. The van der Waals surface area contributed by atoms with Crippen molar-refractivity contribution in [2.24, 2.45) is 0 Å². The highest BCUT2D eigenvalue weighted by molar-refractivity contribution is 5.54. The van der Waals surface area contributed by atoms with E-state index in [1.54, 1.807) is 0 Å². The van der Waals surface area contributed by atoms with Gasteiger partial charge in [-0.05, 0) is 30.7 Å². The van der Waals surface area contributed by atoms with E-state index in [0.29, 0.717) is 6.04 Å². The summed E-state index contributed by atoms with van der Waals surface area (Å²) < 4.78 is 0. The number of hydrogen-bond acceptors (Lipinski definition) is 2. The summed E-state index contributed by atoms with van der Waals surface area (Å²) in [5, 5.41) is 3.40. The molecule has 2 heteroatoms. The fraction of sp³-hybridized carbons (Fsp3) is 0.333. The summed E-state index contributed by atoms with van der Waals surface area (Å²) in [5.74, 6) is 0. The van der Waals surface area contributed by atoms with Crippen molar-refractivity contribution in [3.05, 3.63) is 65.7 Å². The van der Waals surface area contributed by atoms with Gasteiger partial charge in [0.25, 0.3) is 0 Å². The van der Waals surface area contributed by atoms with Crippen LogP contribution >= 0.6 is 0 Å². The van der Waals surface area contributed by atoms with Crippen molar-refractivity contribution in [3.8, 4) is 0 Å². The van der Waals surface area contributed by atoms with Gasteiger partial charge in [-0.25, -0.2) is 0 Å². The Balaban J connectivity index is 2.23. The fourth-order valence-corrected chi connectivity index (χ4v) is 2.65. The zero-order valence-corrected chi connectivity index (χ0v) is 12.6. The Labute approximate surface area is 122 Å². The maximum atomic E-state index is 3.40. The van der Waals surface area contributed by atoms with Crippen LogP contribution in [0.15, 0.2) is 54.6 Å². The third-order valence-corrected chi connectivity index (χ3v) is 3.74. The Kier molecular flexibility index (Phi) is 5.19. The van der Waals surface area contributed by atoms with Gasteiger partial charge in [0.05, 0.1) is 0 Å². The molecule has 0 saturated carbocycles. The van der Waals surface area contributed by atoms with Crippen LogP contribution in [0.5, 0.6) is 0 Å². The van der Waals surface area contributed by atoms with Crippen LogP contribution in [0.1, 0.15) is 30.5 Å². The van der Waals surface area contributed by atoms with E-state index in [4.69, 9.17) is 0 Å².